The highest BCUT2D eigenvalue weighted by atomic mass is 19.1. The average molecular weight is 272 g/mol. The van der Waals surface area contributed by atoms with Crippen LogP contribution in [0, 0.1) is 12.7 Å². The van der Waals surface area contributed by atoms with Gasteiger partial charge >= 0.3 is 0 Å². The van der Waals surface area contributed by atoms with Crippen molar-refractivity contribution in [3.63, 3.8) is 0 Å². The molecule has 0 amide bonds. The Bertz CT molecular complexity index is 540. The molecule has 106 valence electrons. The lowest BCUT2D eigenvalue weighted by molar-refractivity contribution is 0.494. The van der Waals surface area contributed by atoms with Crippen molar-refractivity contribution in [1.82, 2.24) is 10.3 Å². The Labute approximate surface area is 120 Å². The molecule has 3 heteroatoms. The van der Waals surface area contributed by atoms with Crippen molar-refractivity contribution in [2.45, 2.75) is 32.7 Å². The molecule has 0 radical (unpaired) electrons. The summed E-state index contributed by atoms with van der Waals surface area (Å²) in [4.78, 5) is 4.02. The van der Waals surface area contributed by atoms with Crippen LogP contribution in [0.5, 0.6) is 0 Å². The van der Waals surface area contributed by atoms with Gasteiger partial charge in [0.15, 0.2) is 0 Å². The maximum atomic E-state index is 14.3. The van der Waals surface area contributed by atoms with Crippen LogP contribution in [0.25, 0.3) is 0 Å². The Kier molecular flexibility index (Phi) is 5.24. The maximum Gasteiger partial charge on any atom is 0.130 e. The van der Waals surface area contributed by atoms with Crippen molar-refractivity contribution in [3.05, 3.63) is 65.2 Å². The molecule has 0 saturated heterocycles. The topological polar surface area (TPSA) is 24.9 Å². The first kappa shape index (κ1) is 14.7. The Hall–Kier alpha value is -1.74. The first-order chi connectivity index (χ1) is 9.72. The summed E-state index contributed by atoms with van der Waals surface area (Å²) in [5.74, 6) is -0.102. The predicted octanol–water partition coefficient (Wildman–Crippen LogP) is 3.81. The monoisotopic (exact) mass is 272 g/mol. The first-order valence-corrected chi connectivity index (χ1v) is 7.09. The van der Waals surface area contributed by atoms with Gasteiger partial charge < -0.3 is 5.32 Å². The standard InChI is InChI=1S/C17H21FN2/c1-3-9-20-16(12-14-7-10-19-11-8-14)15-6-4-5-13(2)17(15)18/h4-8,10-11,16,20H,3,9,12H2,1-2H3. The SMILES string of the molecule is CCCNC(Cc1ccncc1)c1cccc(C)c1F. The normalized spacial score (nSPS) is 12.3. The summed E-state index contributed by atoms with van der Waals surface area (Å²) >= 11 is 0. The van der Waals surface area contributed by atoms with Crippen molar-refractivity contribution in [1.29, 1.82) is 0 Å². The number of pyridine rings is 1. The van der Waals surface area contributed by atoms with Crippen LogP contribution >= 0.6 is 0 Å². The zero-order chi connectivity index (χ0) is 14.4. The zero-order valence-corrected chi connectivity index (χ0v) is 12.1. The van der Waals surface area contributed by atoms with Crippen LogP contribution in [0.1, 0.15) is 36.1 Å². The van der Waals surface area contributed by atoms with E-state index >= 15 is 0 Å². The number of aromatic nitrogens is 1. The molecule has 2 nitrogen and oxygen atoms in total. The molecule has 1 aromatic heterocycles. The minimum atomic E-state index is -0.102. The molecule has 2 aromatic rings. The fraction of sp³-hybridized carbons (Fsp3) is 0.353. The van der Waals surface area contributed by atoms with Gasteiger partial charge in [0.1, 0.15) is 5.82 Å². The van der Waals surface area contributed by atoms with E-state index in [9.17, 15) is 4.39 Å². The highest BCUT2D eigenvalue weighted by Gasteiger charge is 2.16. The molecule has 20 heavy (non-hydrogen) atoms. The number of hydrogen-bond donors (Lipinski definition) is 1. The molecule has 0 fully saturated rings. The molecule has 0 saturated carbocycles. The van der Waals surface area contributed by atoms with Gasteiger partial charge in [-0.2, -0.15) is 0 Å². The Morgan fingerprint density at radius 1 is 1.20 bits per heavy atom. The van der Waals surface area contributed by atoms with Crippen molar-refractivity contribution in [2.75, 3.05) is 6.54 Å². The van der Waals surface area contributed by atoms with Crippen LogP contribution in [-0.2, 0) is 6.42 Å². The predicted molar refractivity (Wildman–Crippen MR) is 80.1 cm³/mol. The minimum absolute atomic E-state index is 0.00255. The highest BCUT2D eigenvalue weighted by molar-refractivity contribution is 5.29. The quantitative estimate of drug-likeness (QED) is 0.865. The van der Waals surface area contributed by atoms with E-state index in [1.807, 2.05) is 37.3 Å². The molecule has 2 rings (SSSR count). The smallest absolute Gasteiger partial charge is 0.130 e. The van der Waals surface area contributed by atoms with E-state index in [4.69, 9.17) is 0 Å². The third kappa shape index (κ3) is 3.64. The van der Waals surface area contributed by atoms with E-state index in [1.54, 1.807) is 12.4 Å². The highest BCUT2D eigenvalue weighted by Crippen LogP contribution is 2.23. The molecule has 0 aliphatic rings. The number of nitrogens with zero attached hydrogens (tertiary/aromatic N) is 1. The number of nitrogens with one attached hydrogen (secondary N) is 1. The lowest BCUT2D eigenvalue weighted by Crippen LogP contribution is -2.25. The van der Waals surface area contributed by atoms with Crippen LogP contribution < -0.4 is 5.32 Å². The van der Waals surface area contributed by atoms with Crippen molar-refractivity contribution >= 4 is 0 Å². The summed E-state index contributed by atoms with van der Waals surface area (Å²) in [5, 5.41) is 3.44. The van der Waals surface area contributed by atoms with Crippen LogP contribution in [0.3, 0.4) is 0 Å². The summed E-state index contributed by atoms with van der Waals surface area (Å²) in [5.41, 5.74) is 2.60. The third-order valence-electron chi connectivity index (χ3n) is 3.43. The summed E-state index contributed by atoms with van der Waals surface area (Å²) in [7, 11) is 0. The molecule has 0 aliphatic carbocycles. The second-order valence-corrected chi connectivity index (χ2v) is 5.04. The Morgan fingerprint density at radius 2 is 1.95 bits per heavy atom. The Balaban J connectivity index is 2.25. The molecule has 1 unspecified atom stereocenters. The summed E-state index contributed by atoms with van der Waals surface area (Å²) < 4.78 is 14.3. The molecule has 1 heterocycles. The van der Waals surface area contributed by atoms with Crippen molar-refractivity contribution < 1.29 is 4.39 Å². The van der Waals surface area contributed by atoms with E-state index in [-0.39, 0.29) is 11.9 Å². The fourth-order valence-corrected chi connectivity index (χ4v) is 2.30. The average Bonchev–Trinajstić information content (AvgIpc) is 2.48. The molecule has 0 bridgehead atoms. The van der Waals surface area contributed by atoms with E-state index < -0.39 is 0 Å². The van der Waals surface area contributed by atoms with Crippen LogP contribution in [0.15, 0.2) is 42.7 Å². The maximum absolute atomic E-state index is 14.3. The van der Waals surface area contributed by atoms with E-state index in [1.165, 1.54) is 0 Å². The van der Waals surface area contributed by atoms with Gasteiger partial charge in [0.25, 0.3) is 0 Å². The minimum Gasteiger partial charge on any atom is -0.310 e. The van der Waals surface area contributed by atoms with Crippen molar-refractivity contribution in [3.8, 4) is 0 Å². The fourth-order valence-electron chi connectivity index (χ4n) is 2.30. The number of halogens is 1. The second kappa shape index (κ2) is 7.15. The van der Waals surface area contributed by atoms with Crippen LogP contribution in [0.2, 0.25) is 0 Å². The summed E-state index contributed by atoms with van der Waals surface area (Å²) in [6.45, 7) is 4.80. The number of hydrogen-bond acceptors (Lipinski definition) is 2. The van der Waals surface area contributed by atoms with E-state index in [0.29, 0.717) is 5.56 Å². The summed E-state index contributed by atoms with van der Waals surface area (Å²) in [6, 6.07) is 9.56. The summed E-state index contributed by atoms with van der Waals surface area (Å²) in [6.07, 6.45) is 5.35. The van der Waals surface area contributed by atoms with Crippen LogP contribution in [0.4, 0.5) is 4.39 Å². The van der Waals surface area contributed by atoms with Gasteiger partial charge in [-0.25, -0.2) is 4.39 Å². The van der Waals surface area contributed by atoms with Crippen LogP contribution in [-0.4, -0.2) is 11.5 Å². The molecule has 1 atom stereocenters. The lowest BCUT2D eigenvalue weighted by atomic mass is 9.97. The van der Waals surface area contributed by atoms with Gasteiger partial charge in [-0.1, -0.05) is 25.1 Å². The van der Waals surface area contributed by atoms with Gasteiger partial charge in [-0.3, -0.25) is 4.98 Å². The largest absolute Gasteiger partial charge is 0.310 e. The number of aryl methyl sites for hydroxylation is 1. The van der Waals surface area contributed by atoms with E-state index in [0.717, 1.165) is 30.5 Å². The molecule has 0 spiro atoms. The zero-order valence-electron chi connectivity index (χ0n) is 12.1. The lowest BCUT2D eigenvalue weighted by Gasteiger charge is -2.20. The van der Waals surface area contributed by atoms with Crippen molar-refractivity contribution in [2.24, 2.45) is 0 Å². The first-order valence-electron chi connectivity index (χ1n) is 7.09. The van der Waals surface area contributed by atoms with Gasteiger partial charge in [0.05, 0.1) is 0 Å². The number of benzene rings is 1. The molecule has 1 aromatic carbocycles. The van der Waals surface area contributed by atoms with Gasteiger partial charge in [-0.05, 0) is 49.6 Å². The molecular weight excluding hydrogens is 251 g/mol. The van der Waals surface area contributed by atoms with Gasteiger partial charge in [-0.15, -0.1) is 0 Å². The Morgan fingerprint density at radius 3 is 2.65 bits per heavy atom. The van der Waals surface area contributed by atoms with Gasteiger partial charge in [0.2, 0.25) is 0 Å². The second-order valence-electron chi connectivity index (χ2n) is 5.04. The van der Waals surface area contributed by atoms with E-state index in [2.05, 4.69) is 17.2 Å². The molecule has 1 N–H and O–H groups in total. The number of rotatable bonds is 6. The third-order valence-corrected chi connectivity index (χ3v) is 3.43. The molecular formula is C17H21FN2. The molecule has 0 aliphatic heterocycles. The van der Waals surface area contributed by atoms with Gasteiger partial charge in [0, 0.05) is 24.0 Å².